The molecule has 0 aliphatic heterocycles. The molecule has 0 fully saturated rings. The van der Waals surface area contributed by atoms with Crippen LogP contribution in [-0.4, -0.2) is 32.8 Å². The van der Waals surface area contributed by atoms with E-state index in [1.807, 2.05) is 6.92 Å². The van der Waals surface area contributed by atoms with E-state index in [0.29, 0.717) is 23.9 Å². The Balaban J connectivity index is 2.10. The number of hydrogen-bond donors (Lipinski definition) is 1. The highest BCUT2D eigenvalue weighted by Crippen LogP contribution is 2.27. The summed E-state index contributed by atoms with van der Waals surface area (Å²) in [6, 6.07) is 4.91. The van der Waals surface area contributed by atoms with Gasteiger partial charge in [-0.2, -0.15) is 4.80 Å². The quantitative estimate of drug-likeness (QED) is 0.628. The Bertz CT molecular complexity index is 611. The lowest BCUT2D eigenvalue weighted by atomic mass is 10.2. The second-order valence-electron chi connectivity index (χ2n) is 3.93. The van der Waals surface area contributed by atoms with E-state index >= 15 is 0 Å². The number of aromatic nitrogens is 4. The minimum atomic E-state index is -0.548. The van der Waals surface area contributed by atoms with Crippen LogP contribution in [0.5, 0.6) is 5.75 Å². The molecule has 0 saturated carbocycles. The van der Waals surface area contributed by atoms with Crippen LogP contribution in [0, 0.1) is 0 Å². The molecule has 0 aliphatic carbocycles. The molecule has 0 saturated heterocycles. The number of tetrazole rings is 1. The highest BCUT2D eigenvalue weighted by molar-refractivity contribution is 5.94. The predicted molar refractivity (Wildman–Crippen MR) is 69.9 cm³/mol. The number of benzene rings is 1. The van der Waals surface area contributed by atoms with Gasteiger partial charge in [-0.15, -0.1) is 10.2 Å². The van der Waals surface area contributed by atoms with E-state index < -0.39 is 5.97 Å². The third-order valence-electron chi connectivity index (χ3n) is 2.44. The SMILES string of the molecule is CCOc1c(N)cccc1C(=O)OCc1nnn(C)n1. The van der Waals surface area contributed by atoms with Gasteiger partial charge in [0.1, 0.15) is 5.56 Å². The van der Waals surface area contributed by atoms with Crippen molar-refractivity contribution < 1.29 is 14.3 Å². The average molecular weight is 277 g/mol. The van der Waals surface area contributed by atoms with E-state index in [9.17, 15) is 4.79 Å². The maximum Gasteiger partial charge on any atom is 0.342 e. The van der Waals surface area contributed by atoms with Gasteiger partial charge in [0.05, 0.1) is 19.3 Å². The molecule has 20 heavy (non-hydrogen) atoms. The minimum Gasteiger partial charge on any atom is -0.491 e. The predicted octanol–water partition coefficient (Wildman–Crippen LogP) is 0.548. The van der Waals surface area contributed by atoms with Crippen molar-refractivity contribution in [3.05, 3.63) is 29.6 Å². The Morgan fingerprint density at radius 1 is 1.45 bits per heavy atom. The molecule has 1 heterocycles. The van der Waals surface area contributed by atoms with Crippen molar-refractivity contribution >= 4 is 11.7 Å². The maximum atomic E-state index is 12.0. The molecule has 2 N–H and O–H groups in total. The number of carbonyl (C=O) groups excluding carboxylic acids is 1. The molecule has 0 amide bonds. The second kappa shape index (κ2) is 6.00. The van der Waals surface area contributed by atoms with Crippen LogP contribution in [0.1, 0.15) is 23.1 Å². The molecule has 0 unspecified atom stereocenters. The lowest BCUT2D eigenvalue weighted by Gasteiger charge is -2.11. The monoisotopic (exact) mass is 277 g/mol. The zero-order valence-electron chi connectivity index (χ0n) is 11.2. The summed E-state index contributed by atoms with van der Waals surface area (Å²) >= 11 is 0. The summed E-state index contributed by atoms with van der Waals surface area (Å²) in [6.07, 6.45) is 0. The van der Waals surface area contributed by atoms with Crippen molar-refractivity contribution in [1.29, 1.82) is 0 Å². The van der Waals surface area contributed by atoms with Gasteiger partial charge in [0.15, 0.2) is 12.4 Å². The topological polar surface area (TPSA) is 105 Å². The lowest BCUT2D eigenvalue weighted by Crippen LogP contribution is -2.10. The van der Waals surface area contributed by atoms with Crippen LogP contribution in [-0.2, 0) is 18.4 Å². The summed E-state index contributed by atoms with van der Waals surface area (Å²) in [7, 11) is 1.63. The lowest BCUT2D eigenvalue weighted by molar-refractivity contribution is 0.0457. The fraction of sp³-hybridized carbons (Fsp3) is 0.333. The summed E-state index contributed by atoms with van der Waals surface area (Å²) < 4.78 is 10.5. The van der Waals surface area contributed by atoms with Gasteiger partial charge in [-0.05, 0) is 24.3 Å². The second-order valence-corrected chi connectivity index (χ2v) is 3.93. The Hall–Kier alpha value is -2.64. The Labute approximate surface area is 115 Å². The zero-order chi connectivity index (χ0) is 14.5. The summed E-state index contributed by atoms with van der Waals surface area (Å²) in [5, 5.41) is 11.3. The first-order chi connectivity index (χ1) is 9.61. The van der Waals surface area contributed by atoms with Gasteiger partial charge in [-0.25, -0.2) is 4.79 Å². The van der Waals surface area contributed by atoms with Crippen molar-refractivity contribution in [2.45, 2.75) is 13.5 Å². The van der Waals surface area contributed by atoms with Crippen molar-refractivity contribution in [3.63, 3.8) is 0 Å². The Kier molecular flexibility index (Phi) is 4.14. The number of anilines is 1. The first-order valence-corrected chi connectivity index (χ1v) is 6.03. The first-order valence-electron chi connectivity index (χ1n) is 6.03. The van der Waals surface area contributed by atoms with E-state index in [1.165, 1.54) is 4.80 Å². The highest BCUT2D eigenvalue weighted by atomic mass is 16.5. The largest absolute Gasteiger partial charge is 0.491 e. The molecule has 0 aliphatic rings. The zero-order valence-corrected chi connectivity index (χ0v) is 11.2. The highest BCUT2D eigenvalue weighted by Gasteiger charge is 2.17. The van der Waals surface area contributed by atoms with Crippen molar-refractivity contribution in [3.8, 4) is 5.75 Å². The fourth-order valence-corrected chi connectivity index (χ4v) is 1.61. The number of aryl methyl sites for hydroxylation is 1. The number of nitrogens with zero attached hydrogens (tertiary/aromatic N) is 4. The summed E-state index contributed by atoms with van der Waals surface area (Å²) in [5.41, 5.74) is 6.45. The number of nitrogen functional groups attached to an aromatic ring is 1. The van der Waals surface area contributed by atoms with Crippen LogP contribution in [0.25, 0.3) is 0 Å². The number of rotatable bonds is 5. The van der Waals surface area contributed by atoms with Crippen LogP contribution in [0.15, 0.2) is 18.2 Å². The van der Waals surface area contributed by atoms with E-state index in [-0.39, 0.29) is 12.2 Å². The molecule has 2 rings (SSSR count). The standard InChI is InChI=1S/C12H15N5O3/c1-3-19-11-8(5-4-6-9(11)13)12(18)20-7-10-14-16-17(2)15-10/h4-6H,3,7,13H2,1-2H3. The molecule has 106 valence electrons. The normalized spacial score (nSPS) is 10.3. The number of ether oxygens (including phenoxy) is 2. The number of esters is 1. The smallest absolute Gasteiger partial charge is 0.342 e. The molecule has 0 spiro atoms. The Morgan fingerprint density at radius 2 is 2.25 bits per heavy atom. The molecule has 0 radical (unpaired) electrons. The molecule has 8 heteroatoms. The van der Waals surface area contributed by atoms with Gasteiger partial charge < -0.3 is 15.2 Å². The van der Waals surface area contributed by atoms with Gasteiger partial charge in [-0.1, -0.05) is 6.07 Å². The van der Waals surface area contributed by atoms with E-state index in [1.54, 1.807) is 25.2 Å². The molecule has 0 atom stereocenters. The first kappa shape index (κ1) is 13.8. The molecular weight excluding hydrogens is 262 g/mol. The van der Waals surface area contributed by atoms with Crippen LogP contribution >= 0.6 is 0 Å². The Morgan fingerprint density at radius 3 is 2.90 bits per heavy atom. The molecule has 1 aromatic heterocycles. The van der Waals surface area contributed by atoms with E-state index in [2.05, 4.69) is 15.4 Å². The summed E-state index contributed by atoms with van der Waals surface area (Å²) in [5.74, 6) is 0.100. The number of para-hydroxylation sites is 1. The third kappa shape index (κ3) is 3.02. The molecule has 1 aromatic carbocycles. The third-order valence-corrected chi connectivity index (χ3v) is 2.44. The van der Waals surface area contributed by atoms with Crippen LogP contribution < -0.4 is 10.5 Å². The van der Waals surface area contributed by atoms with Crippen molar-refractivity contribution in [2.75, 3.05) is 12.3 Å². The molecule has 8 nitrogen and oxygen atoms in total. The minimum absolute atomic E-state index is 0.0625. The van der Waals surface area contributed by atoms with Gasteiger partial charge in [0.2, 0.25) is 5.82 Å². The number of hydrogen-bond acceptors (Lipinski definition) is 7. The summed E-state index contributed by atoms with van der Waals surface area (Å²) in [6.45, 7) is 2.15. The average Bonchev–Trinajstić information content (AvgIpc) is 2.84. The van der Waals surface area contributed by atoms with Gasteiger partial charge in [-0.3, -0.25) is 0 Å². The van der Waals surface area contributed by atoms with Gasteiger partial charge in [0.25, 0.3) is 0 Å². The number of carbonyl (C=O) groups is 1. The van der Waals surface area contributed by atoms with Crippen LogP contribution in [0.4, 0.5) is 5.69 Å². The van der Waals surface area contributed by atoms with Crippen molar-refractivity contribution in [2.24, 2.45) is 7.05 Å². The van der Waals surface area contributed by atoms with Crippen LogP contribution in [0.2, 0.25) is 0 Å². The van der Waals surface area contributed by atoms with E-state index in [4.69, 9.17) is 15.2 Å². The van der Waals surface area contributed by atoms with Crippen molar-refractivity contribution in [1.82, 2.24) is 20.2 Å². The molecule has 2 aromatic rings. The number of nitrogens with two attached hydrogens (primary N) is 1. The maximum absolute atomic E-state index is 12.0. The summed E-state index contributed by atoms with van der Waals surface area (Å²) in [4.78, 5) is 13.3. The molecule has 0 bridgehead atoms. The fourth-order valence-electron chi connectivity index (χ4n) is 1.61. The van der Waals surface area contributed by atoms with Gasteiger partial charge >= 0.3 is 5.97 Å². The van der Waals surface area contributed by atoms with E-state index in [0.717, 1.165) is 0 Å². The molecular formula is C12H15N5O3. The van der Waals surface area contributed by atoms with Gasteiger partial charge in [0, 0.05) is 0 Å². The van der Waals surface area contributed by atoms with Crippen LogP contribution in [0.3, 0.4) is 0 Å².